The van der Waals surface area contributed by atoms with Crippen molar-refractivity contribution in [3.8, 4) is 0 Å². The minimum absolute atomic E-state index is 0.127. The van der Waals surface area contributed by atoms with Crippen LogP contribution in [0.3, 0.4) is 0 Å². The molecule has 6 nitrogen and oxygen atoms in total. The number of amidine groups is 1. The van der Waals surface area contributed by atoms with Gasteiger partial charge in [-0.05, 0) is 24.3 Å². The molecule has 0 spiro atoms. The van der Waals surface area contributed by atoms with Crippen molar-refractivity contribution in [2.75, 3.05) is 10.2 Å². The normalized spacial score (nSPS) is 13.9. The van der Waals surface area contributed by atoms with E-state index in [2.05, 4.69) is 10.5 Å². The first kappa shape index (κ1) is 12.0. The van der Waals surface area contributed by atoms with Gasteiger partial charge >= 0.3 is 5.97 Å². The highest BCUT2D eigenvalue weighted by Gasteiger charge is 2.28. The smallest absolute Gasteiger partial charge is 0.375 e. The third kappa shape index (κ3) is 2.14. The van der Waals surface area contributed by atoms with Crippen molar-refractivity contribution in [1.29, 1.82) is 0 Å². The number of nitrogens with one attached hydrogen (secondary N) is 1. The second kappa shape index (κ2) is 4.93. The van der Waals surface area contributed by atoms with Crippen LogP contribution in [0.4, 0.5) is 11.4 Å². The van der Waals surface area contributed by atoms with E-state index in [1.54, 1.807) is 5.12 Å². The van der Waals surface area contributed by atoms with Crippen molar-refractivity contribution < 1.29 is 9.90 Å². The van der Waals surface area contributed by atoms with Crippen molar-refractivity contribution in [2.24, 2.45) is 5.10 Å². The maximum atomic E-state index is 11.1. The van der Waals surface area contributed by atoms with Gasteiger partial charge in [0.05, 0.1) is 11.4 Å². The number of hydrazone groups is 1. The van der Waals surface area contributed by atoms with Crippen LogP contribution in [-0.4, -0.2) is 16.9 Å². The molecule has 0 saturated carbocycles. The fourth-order valence-electron chi connectivity index (χ4n) is 1.88. The van der Waals surface area contributed by atoms with Crippen LogP contribution < -0.4 is 15.7 Å². The Bertz CT molecular complexity index is 643. The van der Waals surface area contributed by atoms with Gasteiger partial charge in [0.25, 0.3) is 5.84 Å². The molecular weight excluding hydrogens is 256 g/mol. The number of anilines is 2. The van der Waals surface area contributed by atoms with Crippen LogP contribution >= 0.6 is 0 Å². The van der Waals surface area contributed by atoms with Crippen molar-refractivity contribution in [3.63, 3.8) is 0 Å². The molecule has 0 aromatic heterocycles. The third-order valence-electron chi connectivity index (χ3n) is 2.79. The van der Waals surface area contributed by atoms with Gasteiger partial charge in [-0.15, -0.1) is 5.10 Å². The van der Waals surface area contributed by atoms with E-state index in [1.807, 2.05) is 60.7 Å². The van der Waals surface area contributed by atoms with Crippen LogP contribution in [0, 0.1) is 0 Å². The van der Waals surface area contributed by atoms with Gasteiger partial charge in [-0.2, -0.15) is 10.2 Å². The van der Waals surface area contributed by atoms with Gasteiger partial charge in [0.1, 0.15) is 0 Å². The molecule has 0 radical (unpaired) electrons. The Kier molecular flexibility index (Phi) is 2.96. The summed E-state index contributed by atoms with van der Waals surface area (Å²) in [6, 6.07) is 18.7. The molecule has 0 unspecified atom stereocenters. The predicted octanol–water partition coefficient (Wildman–Crippen LogP) is 1.83. The Balaban J connectivity index is 2.00. The lowest BCUT2D eigenvalue weighted by atomic mass is 10.3. The number of carbonyl (C=O) groups is 1. The molecule has 2 aromatic rings. The number of carboxylic acid groups (broad SMARTS) is 1. The topological polar surface area (TPSA) is 68.2 Å². The molecule has 0 amide bonds. The van der Waals surface area contributed by atoms with Gasteiger partial charge in [0.15, 0.2) is 0 Å². The summed E-state index contributed by atoms with van der Waals surface area (Å²) in [6.07, 6.45) is 0. The summed E-state index contributed by atoms with van der Waals surface area (Å²) < 4.78 is 0. The van der Waals surface area contributed by atoms with Gasteiger partial charge in [-0.1, -0.05) is 36.4 Å². The van der Waals surface area contributed by atoms with Crippen molar-refractivity contribution in [3.05, 3.63) is 60.7 Å². The zero-order valence-corrected chi connectivity index (χ0v) is 10.5. The lowest BCUT2D eigenvalue weighted by molar-refractivity contribution is -0.129. The van der Waals surface area contributed by atoms with Gasteiger partial charge in [-0.25, -0.2) is 4.79 Å². The van der Waals surface area contributed by atoms with Crippen molar-refractivity contribution in [2.45, 2.75) is 0 Å². The average Bonchev–Trinajstić information content (AvgIpc) is 2.94. The highest BCUT2D eigenvalue weighted by atomic mass is 16.4. The number of aliphatic carboxylic acids is 1. The molecule has 100 valence electrons. The maximum Gasteiger partial charge on any atom is 0.375 e. The molecular formula is C14H12N4O2. The number of carboxylic acids is 1. The summed E-state index contributed by atoms with van der Waals surface area (Å²) >= 11 is 0. The van der Waals surface area contributed by atoms with Gasteiger partial charge in [-0.3, -0.25) is 5.43 Å². The molecule has 0 atom stereocenters. The molecule has 0 bridgehead atoms. The number of rotatable bonds is 3. The molecule has 20 heavy (non-hydrogen) atoms. The molecule has 3 rings (SSSR count). The van der Waals surface area contributed by atoms with E-state index in [4.69, 9.17) is 5.11 Å². The van der Waals surface area contributed by atoms with Crippen LogP contribution in [0.15, 0.2) is 65.8 Å². The van der Waals surface area contributed by atoms with E-state index in [0.717, 1.165) is 11.4 Å². The van der Waals surface area contributed by atoms with E-state index >= 15 is 0 Å². The molecule has 0 saturated heterocycles. The summed E-state index contributed by atoms with van der Waals surface area (Å²) in [5, 5.41) is 16.3. The minimum atomic E-state index is -1.11. The number of hydrogen-bond donors (Lipinski definition) is 2. The Morgan fingerprint density at radius 3 is 2.05 bits per heavy atom. The molecule has 6 heteroatoms. The minimum Gasteiger partial charge on any atom is -0.475 e. The molecule has 2 N–H and O–H groups in total. The number of hydrazine groups is 2. The summed E-state index contributed by atoms with van der Waals surface area (Å²) in [7, 11) is 0. The number of nitrogens with zero attached hydrogens (tertiary/aromatic N) is 3. The Hall–Kier alpha value is -3.02. The number of hydrogen-bond acceptors (Lipinski definition) is 5. The Morgan fingerprint density at radius 1 is 0.950 bits per heavy atom. The van der Waals surface area contributed by atoms with Crippen LogP contribution in [0.1, 0.15) is 0 Å². The Morgan fingerprint density at radius 2 is 1.50 bits per heavy atom. The van der Waals surface area contributed by atoms with E-state index < -0.39 is 5.97 Å². The Labute approximate surface area is 115 Å². The molecule has 0 aliphatic carbocycles. The largest absolute Gasteiger partial charge is 0.475 e. The standard InChI is InChI=1S/C14H12N4O2/c19-14(20)13-15-17(11-7-3-1-4-8-11)18(16-13)12-9-5-2-6-10-12/h1-10H,(H,15,16)(H,19,20). The van der Waals surface area contributed by atoms with Crippen LogP contribution in [0.2, 0.25) is 0 Å². The molecule has 1 heterocycles. The van der Waals surface area contributed by atoms with Crippen LogP contribution in [-0.2, 0) is 4.79 Å². The second-order valence-electron chi connectivity index (χ2n) is 4.14. The molecule has 1 aliphatic heterocycles. The first-order valence-corrected chi connectivity index (χ1v) is 6.04. The van der Waals surface area contributed by atoms with Crippen molar-refractivity contribution in [1.82, 2.24) is 5.43 Å². The quantitative estimate of drug-likeness (QED) is 0.889. The SMILES string of the molecule is O=C(O)C1=NN(c2ccccc2)N(c2ccccc2)N1. The van der Waals surface area contributed by atoms with E-state index in [-0.39, 0.29) is 5.84 Å². The zero-order chi connectivity index (χ0) is 13.9. The molecule has 1 aliphatic rings. The monoisotopic (exact) mass is 268 g/mol. The molecule has 2 aromatic carbocycles. The zero-order valence-electron chi connectivity index (χ0n) is 10.5. The fraction of sp³-hybridized carbons (Fsp3) is 0. The first-order chi connectivity index (χ1) is 9.75. The second-order valence-corrected chi connectivity index (χ2v) is 4.14. The lowest BCUT2D eigenvalue weighted by Crippen LogP contribution is -2.45. The van der Waals surface area contributed by atoms with Gasteiger partial charge < -0.3 is 5.11 Å². The summed E-state index contributed by atoms with van der Waals surface area (Å²) in [6.45, 7) is 0. The van der Waals surface area contributed by atoms with E-state index in [9.17, 15) is 4.79 Å². The number of para-hydroxylation sites is 2. The highest BCUT2D eigenvalue weighted by molar-refractivity contribution is 6.35. The summed E-state index contributed by atoms with van der Waals surface area (Å²) in [5.41, 5.74) is 4.32. The van der Waals surface area contributed by atoms with E-state index in [1.165, 1.54) is 5.12 Å². The third-order valence-corrected chi connectivity index (χ3v) is 2.79. The van der Waals surface area contributed by atoms with Crippen LogP contribution in [0.5, 0.6) is 0 Å². The first-order valence-electron chi connectivity index (χ1n) is 6.04. The predicted molar refractivity (Wildman–Crippen MR) is 76.0 cm³/mol. The van der Waals surface area contributed by atoms with Crippen LogP contribution in [0.25, 0.3) is 0 Å². The van der Waals surface area contributed by atoms with E-state index in [0.29, 0.717) is 0 Å². The lowest BCUT2D eigenvalue weighted by Gasteiger charge is -2.27. The average molecular weight is 268 g/mol. The highest BCUT2D eigenvalue weighted by Crippen LogP contribution is 2.23. The molecule has 0 fully saturated rings. The summed E-state index contributed by atoms with van der Waals surface area (Å²) in [4.78, 5) is 11.1. The number of benzene rings is 2. The van der Waals surface area contributed by atoms with Gasteiger partial charge in [0.2, 0.25) is 0 Å². The van der Waals surface area contributed by atoms with Gasteiger partial charge in [0, 0.05) is 0 Å². The summed E-state index contributed by atoms with van der Waals surface area (Å²) in [5.74, 6) is -1.23. The van der Waals surface area contributed by atoms with Crippen molar-refractivity contribution >= 4 is 23.2 Å². The maximum absolute atomic E-state index is 11.1. The fourth-order valence-corrected chi connectivity index (χ4v) is 1.88.